The van der Waals surface area contributed by atoms with Crippen molar-refractivity contribution >= 4 is 28.1 Å². The van der Waals surface area contributed by atoms with Gasteiger partial charge in [-0.15, -0.1) is 0 Å². The molecule has 1 amide bonds. The lowest BCUT2D eigenvalue weighted by atomic mass is 10.0. The van der Waals surface area contributed by atoms with E-state index in [0.29, 0.717) is 26.9 Å². The van der Waals surface area contributed by atoms with Crippen LogP contribution in [-0.2, 0) is 4.79 Å². The SMILES string of the molecule is Cc1cccc(C)c1OCC(=O)N/N=C/c1c(C)c(Br)c(O)c(C)c1O. The summed E-state index contributed by atoms with van der Waals surface area (Å²) in [7, 11) is 0. The van der Waals surface area contributed by atoms with Gasteiger partial charge in [0.05, 0.1) is 10.7 Å². The van der Waals surface area contributed by atoms with Crippen molar-refractivity contribution in [2.24, 2.45) is 5.10 Å². The molecule has 0 saturated heterocycles. The Labute approximate surface area is 160 Å². The van der Waals surface area contributed by atoms with Gasteiger partial charge in [-0.05, 0) is 60.3 Å². The number of amides is 1. The number of ether oxygens (including phenoxy) is 1. The van der Waals surface area contributed by atoms with E-state index in [1.807, 2.05) is 32.0 Å². The highest BCUT2D eigenvalue weighted by Crippen LogP contribution is 2.39. The molecule has 0 atom stereocenters. The number of hydrogen-bond donors (Lipinski definition) is 3. The second kappa shape index (κ2) is 8.23. The number of aromatic hydroxyl groups is 2. The number of rotatable bonds is 5. The van der Waals surface area contributed by atoms with Crippen LogP contribution in [-0.4, -0.2) is 28.9 Å². The molecule has 2 rings (SSSR count). The topological polar surface area (TPSA) is 91.2 Å². The highest BCUT2D eigenvalue weighted by molar-refractivity contribution is 9.10. The standard InChI is InChI=1S/C19H21BrN2O4/c1-10-6-5-7-11(2)19(10)26-9-15(23)22-21-8-14-12(3)16(20)18(25)13(4)17(14)24/h5-8,24-25H,9H2,1-4H3,(H,22,23)/b21-8+. The average Bonchev–Trinajstić information content (AvgIpc) is 2.61. The lowest BCUT2D eigenvalue weighted by Crippen LogP contribution is -2.25. The van der Waals surface area contributed by atoms with Crippen molar-refractivity contribution in [3.05, 3.63) is 50.5 Å². The number of phenols is 2. The molecule has 0 unspecified atom stereocenters. The number of hydrazone groups is 1. The second-order valence-corrected chi connectivity index (χ2v) is 6.77. The van der Waals surface area contributed by atoms with E-state index >= 15 is 0 Å². The maximum Gasteiger partial charge on any atom is 0.277 e. The Balaban J connectivity index is 2.04. The van der Waals surface area contributed by atoms with Crippen molar-refractivity contribution in [2.45, 2.75) is 27.7 Å². The minimum absolute atomic E-state index is 0.0248. The van der Waals surface area contributed by atoms with E-state index in [1.54, 1.807) is 13.8 Å². The van der Waals surface area contributed by atoms with E-state index in [0.717, 1.165) is 11.1 Å². The number of nitrogens with one attached hydrogen (secondary N) is 1. The maximum atomic E-state index is 11.9. The molecule has 2 aromatic rings. The lowest BCUT2D eigenvalue weighted by Gasteiger charge is -2.12. The van der Waals surface area contributed by atoms with Gasteiger partial charge in [0.2, 0.25) is 0 Å². The first kappa shape index (κ1) is 19.8. The summed E-state index contributed by atoms with van der Waals surface area (Å²) in [5.74, 6) is 0.144. The van der Waals surface area contributed by atoms with Crippen molar-refractivity contribution in [2.75, 3.05) is 6.61 Å². The predicted molar refractivity (Wildman–Crippen MR) is 104 cm³/mol. The highest BCUT2D eigenvalue weighted by Gasteiger charge is 2.16. The molecular formula is C19H21BrN2O4. The van der Waals surface area contributed by atoms with E-state index in [-0.39, 0.29) is 18.1 Å². The molecule has 0 aliphatic carbocycles. The van der Waals surface area contributed by atoms with Gasteiger partial charge in [-0.2, -0.15) is 5.10 Å². The van der Waals surface area contributed by atoms with Gasteiger partial charge < -0.3 is 14.9 Å². The zero-order valence-corrected chi connectivity index (χ0v) is 16.6. The molecule has 0 radical (unpaired) electrons. The Morgan fingerprint density at radius 3 is 2.38 bits per heavy atom. The van der Waals surface area contributed by atoms with E-state index in [4.69, 9.17) is 4.74 Å². The fraction of sp³-hybridized carbons (Fsp3) is 0.263. The summed E-state index contributed by atoms with van der Waals surface area (Å²) < 4.78 is 6.03. The lowest BCUT2D eigenvalue weighted by molar-refractivity contribution is -0.123. The zero-order chi connectivity index (χ0) is 19.4. The summed E-state index contributed by atoms with van der Waals surface area (Å²) in [4.78, 5) is 11.9. The molecule has 0 saturated carbocycles. The molecule has 0 aliphatic rings. The average molecular weight is 421 g/mol. The number of para-hydroxylation sites is 1. The minimum atomic E-state index is -0.421. The molecule has 2 aromatic carbocycles. The van der Waals surface area contributed by atoms with Crippen LogP contribution in [0, 0.1) is 27.7 Å². The first-order valence-electron chi connectivity index (χ1n) is 7.95. The van der Waals surface area contributed by atoms with E-state index in [2.05, 4.69) is 26.5 Å². The van der Waals surface area contributed by atoms with E-state index in [1.165, 1.54) is 6.21 Å². The Bertz CT molecular complexity index is 829. The summed E-state index contributed by atoms with van der Waals surface area (Å²) in [6, 6.07) is 5.75. The molecule has 0 aromatic heterocycles. The Morgan fingerprint density at radius 2 is 1.77 bits per heavy atom. The molecule has 0 heterocycles. The molecule has 138 valence electrons. The summed E-state index contributed by atoms with van der Waals surface area (Å²) >= 11 is 3.27. The quantitative estimate of drug-likeness (QED) is 0.508. The van der Waals surface area contributed by atoms with E-state index < -0.39 is 5.91 Å². The number of hydrogen-bond acceptors (Lipinski definition) is 5. The molecule has 6 nitrogen and oxygen atoms in total. The van der Waals surface area contributed by atoms with Gasteiger partial charge in [-0.1, -0.05) is 18.2 Å². The number of benzene rings is 2. The molecule has 7 heteroatoms. The second-order valence-electron chi connectivity index (χ2n) is 5.98. The third-order valence-corrected chi connectivity index (χ3v) is 5.02. The number of phenolic OH excluding ortho intramolecular Hbond substituents is 2. The summed E-state index contributed by atoms with van der Waals surface area (Å²) in [6.07, 6.45) is 1.33. The molecule has 0 spiro atoms. The normalized spacial score (nSPS) is 11.0. The number of carbonyl (C=O) groups excluding carboxylic acids is 1. The molecule has 0 bridgehead atoms. The fourth-order valence-electron chi connectivity index (χ4n) is 2.48. The monoisotopic (exact) mass is 420 g/mol. The highest BCUT2D eigenvalue weighted by atomic mass is 79.9. The minimum Gasteiger partial charge on any atom is -0.507 e. The Kier molecular flexibility index (Phi) is 6.26. The van der Waals surface area contributed by atoms with Gasteiger partial charge in [0.1, 0.15) is 17.2 Å². The van der Waals surface area contributed by atoms with Gasteiger partial charge in [-0.25, -0.2) is 5.43 Å². The van der Waals surface area contributed by atoms with Crippen LogP contribution < -0.4 is 10.2 Å². The molecule has 0 aliphatic heterocycles. The van der Waals surface area contributed by atoms with Crippen molar-refractivity contribution in [3.63, 3.8) is 0 Å². The summed E-state index contributed by atoms with van der Waals surface area (Å²) in [5, 5.41) is 23.9. The largest absolute Gasteiger partial charge is 0.507 e. The van der Waals surface area contributed by atoms with Gasteiger partial charge in [0.15, 0.2) is 6.61 Å². The molecule has 3 N–H and O–H groups in total. The third-order valence-electron chi connectivity index (χ3n) is 4.05. The summed E-state index contributed by atoms with van der Waals surface area (Å²) in [6.45, 7) is 6.95. The van der Waals surface area contributed by atoms with Crippen LogP contribution in [0.15, 0.2) is 27.8 Å². The third kappa shape index (κ3) is 4.16. The van der Waals surface area contributed by atoms with Crippen LogP contribution in [0.2, 0.25) is 0 Å². The van der Waals surface area contributed by atoms with Crippen LogP contribution in [0.25, 0.3) is 0 Å². The van der Waals surface area contributed by atoms with Gasteiger partial charge in [0, 0.05) is 11.1 Å². The molecule has 0 fully saturated rings. The first-order chi connectivity index (χ1) is 12.2. The first-order valence-corrected chi connectivity index (χ1v) is 8.74. The number of halogens is 1. The van der Waals surface area contributed by atoms with Gasteiger partial charge >= 0.3 is 0 Å². The van der Waals surface area contributed by atoms with Crippen molar-refractivity contribution in [1.29, 1.82) is 0 Å². The number of carbonyl (C=O) groups is 1. The van der Waals surface area contributed by atoms with Crippen LogP contribution in [0.3, 0.4) is 0 Å². The van der Waals surface area contributed by atoms with Crippen LogP contribution >= 0.6 is 15.9 Å². The Morgan fingerprint density at radius 1 is 1.15 bits per heavy atom. The van der Waals surface area contributed by atoms with Crippen molar-refractivity contribution in [1.82, 2.24) is 5.43 Å². The zero-order valence-electron chi connectivity index (χ0n) is 15.1. The Hall–Kier alpha value is -2.54. The maximum absolute atomic E-state index is 11.9. The fourth-order valence-corrected chi connectivity index (χ4v) is 2.99. The number of nitrogens with zero attached hydrogens (tertiary/aromatic N) is 1. The van der Waals surface area contributed by atoms with Crippen molar-refractivity contribution in [3.8, 4) is 17.2 Å². The molecule has 26 heavy (non-hydrogen) atoms. The predicted octanol–water partition coefficient (Wildman–Crippen LogP) is 3.62. The van der Waals surface area contributed by atoms with Crippen LogP contribution in [0.5, 0.6) is 17.2 Å². The van der Waals surface area contributed by atoms with Crippen LogP contribution in [0.1, 0.15) is 27.8 Å². The van der Waals surface area contributed by atoms with Crippen LogP contribution in [0.4, 0.5) is 0 Å². The van der Waals surface area contributed by atoms with Gasteiger partial charge in [-0.3, -0.25) is 4.79 Å². The summed E-state index contributed by atoms with van der Waals surface area (Å²) in [5.41, 5.74) is 5.61. The smallest absolute Gasteiger partial charge is 0.277 e. The van der Waals surface area contributed by atoms with Gasteiger partial charge in [0.25, 0.3) is 5.91 Å². The molecular weight excluding hydrogens is 400 g/mol. The van der Waals surface area contributed by atoms with E-state index in [9.17, 15) is 15.0 Å². The number of aryl methyl sites for hydroxylation is 2. The van der Waals surface area contributed by atoms with Crippen molar-refractivity contribution < 1.29 is 19.7 Å².